The van der Waals surface area contributed by atoms with E-state index in [2.05, 4.69) is 31.2 Å². The van der Waals surface area contributed by atoms with E-state index in [1.807, 2.05) is 4.90 Å². The smallest absolute Gasteiger partial charge is 0.222 e. The highest BCUT2D eigenvalue weighted by molar-refractivity contribution is 5.76. The molecule has 1 aromatic carbocycles. The zero-order valence-corrected chi connectivity index (χ0v) is 10.4. The van der Waals surface area contributed by atoms with E-state index >= 15 is 0 Å². The van der Waals surface area contributed by atoms with Gasteiger partial charge in [-0.15, -0.1) is 0 Å². The highest BCUT2D eigenvalue weighted by Crippen LogP contribution is 2.19. The Kier molecular flexibility index (Phi) is 3.79. The summed E-state index contributed by atoms with van der Waals surface area (Å²) in [7, 11) is 0. The fourth-order valence-electron chi connectivity index (χ4n) is 2.25. The van der Waals surface area contributed by atoms with Crippen LogP contribution in [0.2, 0.25) is 0 Å². The van der Waals surface area contributed by atoms with Crippen molar-refractivity contribution in [1.29, 1.82) is 0 Å². The van der Waals surface area contributed by atoms with Crippen LogP contribution in [0.15, 0.2) is 24.3 Å². The Hall–Kier alpha value is -1.35. The summed E-state index contributed by atoms with van der Waals surface area (Å²) in [5, 5.41) is 0. The van der Waals surface area contributed by atoms with Gasteiger partial charge in [0.05, 0.1) is 0 Å². The number of amides is 1. The second kappa shape index (κ2) is 5.32. The van der Waals surface area contributed by atoms with Gasteiger partial charge >= 0.3 is 0 Å². The van der Waals surface area contributed by atoms with Crippen molar-refractivity contribution in [3.8, 4) is 0 Å². The summed E-state index contributed by atoms with van der Waals surface area (Å²) in [4.78, 5) is 13.7. The Bertz CT molecular complexity index is 386. The quantitative estimate of drug-likeness (QED) is 0.862. The maximum Gasteiger partial charge on any atom is 0.222 e. The molecule has 1 aliphatic heterocycles. The summed E-state index contributed by atoms with van der Waals surface area (Å²) in [5.41, 5.74) is 8.13. The Labute approximate surface area is 103 Å². The van der Waals surface area contributed by atoms with E-state index in [0.717, 1.165) is 19.5 Å². The summed E-state index contributed by atoms with van der Waals surface area (Å²) in [6, 6.07) is 8.36. The lowest BCUT2D eigenvalue weighted by molar-refractivity contribution is -0.135. The van der Waals surface area contributed by atoms with Gasteiger partial charge in [0.1, 0.15) is 0 Å². The number of hydrogen-bond donors (Lipinski definition) is 1. The van der Waals surface area contributed by atoms with Crippen LogP contribution in [-0.4, -0.2) is 23.9 Å². The van der Waals surface area contributed by atoms with Gasteiger partial charge in [0.15, 0.2) is 0 Å². The Morgan fingerprint density at radius 1 is 1.35 bits per heavy atom. The van der Waals surface area contributed by atoms with E-state index in [1.165, 1.54) is 11.1 Å². The first-order valence-electron chi connectivity index (χ1n) is 6.22. The van der Waals surface area contributed by atoms with Gasteiger partial charge in [-0.3, -0.25) is 4.79 Å². The highest BCUT2D eigenvalue weighted by Gasteiger charge is 2.24. The summed E-state index contributed by atoms with van der Waals surface area (Å²) >= 11 is 0. The predicted octanol–water partition coefficient (Wildman–Crippen LogP) is 1.69. The second-order valence-electron chi connectivity index (χ2n) is 4.90. The van der Waals surface area contributed by atoms with Crippen molar-refractivity contribution in [1.82, 2.24) is 4.90 Å². The summed E-state index contributed by atoms with van der Waals surface area (Å²) in [6.07, 6.45) is 1.59. The molecule has 0 bridgehead atoms. The molecule has 0 spiro atoms. The van der Waals surface area contributed by atoms with Crippen molar-refractivity contribution in [2.24, 2.45) is 11.7 Å². The van der Waals surface area contributed by atoms with Crippen LogP contribution in [0, 0.1) is 12.8 Å². The molecule has 1 amide bonds. The zero-order chi connectivity index (χ0) is 12.3. The Morgan fingerprint density at radius 2 is 2.06 bits per heavy atom. The third kappa shape index (κ3) is 3.07. The average Bonchev–Trinajstić information content (AvgIpc) is 2.35. The first-order chi connectivity index (χ1) is 8.19. The van der Waals surface area contributed by atoms with Crippen LogP contribution < -0.4 is 5.73 Å². The third-order valence-corrected chi connectivity index (χ3v) is 3.43. The van der Waals surface area contributed by atoms with Gasteiger partial charge in [-0.1, -0.05) is 29.8 Å². The average molecular weight is 232 g/mol. The fourth-order valence-corrected chi connectivity index (χ4v) is 2.25. The summed E-state index contributed by atoms with van der Waals surface area (Å²) in [6.45, 7) is 4.27. The molecule has 0 aromatic heterocycles. The molecule has 1 atom stereocenters. The molecule has 1 fully saturated rings. The Morgan fingerprint density at radius 3 is 2.71 bits per heavy atom. The van der Waals surface area contributed by atoms with Crippen molar-refractivity contribution < 1.29 is 4.79 Å². The molecule has 1 aromatic rings. The van der Waals surface area contributed by atoms with Crippen LogP contribution in [-0.2, 0) is 11.3 Å². The first kappa shape index (κ1) is 12.1. The van der Waals surface area contributed by atoms with Gasteiger partial charge in [-0.25, -0.2) is 0 Å². The summed E-state index contributed by atoms with van der Waals surface area (Å²) < 4.78 is 0. The Balaban J connectivity index is 2.01. The zero-order valence-electron chi connectivity index (χ0n) is 10.4. The topological polar surface area (TPSA) is 46.3 Å². The van der Waals surface area contributed by atoms with Gasteiger partial charge in [0, 0.05) is 19.5 Å². The number of likely N-dealkylation sites (tertiary alicyclic amines) is 1. The maximum absolute atomic E-state index is 11.8. The molecule has 0 unspecified atom stereocenters. The van der Waals surface area contributed by atoms with E-state index in [9.17, 15) is 4.79 Å². The number of nitrogens with zero attached hydrogens (tertiary/aromatic N) is 1. The summed E-state index contributed by atoms with van der Waals surface area (Å²) in [5.74, 6) is 0.730. The van der Waals surface area contributed by atoms with Crippen molar-refractivity contribution in [3.05, 3.63) is 35.4 Å². The molecular weight excluding hydrogens is 212 g/mol. The third-order valence-electron chi connectivity index (χ3n) is 3.43. The van der Waals surface area contributed by atoms with Crippen molar-refractivity contribution in [2.75, 3.05) is 13.1 Å². The maximum atomic E-state index is 11.8. The number of aryl methyl sites for hydroxylation is 1. The van der Waals surface area contributed by atoms with Crippen LogP contribution in [0.3, 0.4) is 0 Å². The molecule has 1 saturated heterocycles. The van der Waals surface area contributed by atoms with Crippen LogP contribution in [0.25, 0.3) is 0 Å². The lowest BCUT2D eigenvalue weighted by Crippen LogP contribution is -2.41. The minimum absolute atomic E-state index is 0.260. The second-order valence-corrected chi connectivity index (χ2v) is 4.90. The number of piperidine rings is 1. The van der Waals surface area contributed by atoms with Gasteiger partial charge in [-0.05, 0) is 31.4 Å². The lowest BCUT2D eigenvalue weighted by atomic mass is 9.97. The monoisotopic (exact) mass is 232 g/mol. The van der Waals surface area contributed by atoms with E-state index in [-0.39, 0.29) is 5.91 Å². The van der Waals surface area contributed by atoms with Crippen molar-refractivity contribution in [3.63, 3.8) is 0 Å². The first-order valence-corrected chi connectivity index (χ1v) is 6.22. The molecule has 2 rings (SSSR count). The number of hydrogen-bond acceptors (Lipinski definition) is 2. The van der Waals surface area contributed by atoms with Crippen LogP contribution >= 0.6 is 0 Å². The van der Waals surface area contributed by atoms with Gasteiger partial charge < -0.3 is 10.6 Å². The van der Waals surface area contributed by atoms with Gasteiger partial charge in [-0.2, -0.15) is 0 Å². The minimum atomic E-state index is 0.260. The molecule has 1 aliphatic rings. The minimum Gasteiger partial charge on any atom is -0.338 e. The van der Waals surface area contributed by atoms with E-state index < -0.39 is 0 Å². The number of benzene rings is 1. The predicted molar refractivity (Wildman–Crippen MR) is 68.4 cm³/mol. The van der Waals surface area contributed by atoms with Crippen LogP contribution in [0.5, 0.6) is 0 Å². The normalized spacial score (nSPS) is 20.7. The molecule has 3 nitrogen and oxygen atoms in total. The fraction of sp³-hybridized carbons (Fsp3) is 0.500. The number of nitrogens with two attached hydrogens (primary N) is 1. The standard InChI is InChI=1S/C14H20N2O/c1-11-2-4-12(5-3-11)9-16-10-13(8-15)6-7-14(16)17/h2-5,13H,6-10,15H2,1H3/t13-/m1/s1. The van der Waals surface area contributed by atoms with Crippen molar-refractivity contribution >= 4 is 5.91 Å². The molecular formula is C14H20N2O. The van der Waals surface area contributed by atoms with Gasteiger partial charge in [0.25, 0.3) is 0 Å². The van der Waals surface area contributed by atoms with E-state index in [4.69, 9.17) is 5.73 Å². The largest absolute Gasteiger partial charge is 0.338 e. The molecule has 17 heavy (non-hydrogen) atoms. The van der Waals surface area contributed by atoms with Gasteiger partial charge in [0.2, 0.25) is 5.91 Å². The molecule has 92 valence electrons. The van der Waals surface area contributed by atoms with E-state index in [0.29, 0.717) is 18.9 Å². The molecule has 0 saturated carbocycles. The van der Waals surface area contributed by atoms with E-state index in [1.54, 1.807) is 0 Å². The number of carbonyl (C=O) groups excluding carboxylic acids is 1. The highest BCUT2D eigenvalue weighted by atomic mass is 16.2. The molecule has 1 heterocycles. The molecule has 0 radical (unpaired) electrons. The molecule has 0 aliphatic carbocycles. The number of carbonyl (C=O) groups is 1. The molecule has 2 N–H and O–H groups in total. The van der Waals surface area contributed by atoms with Crippen LogP contribution in [0.4, 0.5) is 0 Å². The van der Waals surface area contributed by atoms with Crippen LogP contribution in [0.1, 0.15) is 24.0 Å². The lowest BCUT2D eigenvalue weighted by Gasteiger charge is -2.32. The van der Waals surface area contributed by atoms with Crippen molar-refractivity contribution in [2.45, 2.75) is 26.3 Å². The number of rotatable bonds is 3. The molecule has 3 heteroatoms. The SMILES string of the molecule is Cc1ccc(CN2C[C@@H](CN)CCC2=O)cc1.